The van der Waals surface area contributed by atoms with Gasteiger partial charge in [-0.2, -0.15) is 0 Å². The molecule has 2 nitrogen and oxygen atoms in total. The predicted molar refractivity (Wildman–Crippen MR) is 81.7 cm³/mol. The molecule has 1 aliphatic heterocycles. The molecule has 0 aliphatic carbocycles. The Labute approximate surface area is 112 Å². The van der Waals surface area contributed by atoms with Crippen LogP contribution in [-0.4, -0.2) is 29.7 Å². The van der Waals surface area contributed by atoms with E-state index >= 15 is 0 Å². The Hall–Kier alpha value is -0.960. The molecule has 100 valence electrons. The zero-order valence-electron chi connectivity index (χ0n) is 11.4. The lowest BCUT2D eigenvalue weighted by Gasteiger charge is -2.28. The van der Waals surface area contributed by atoms with Gasteiger partial charge in [-0.3, -0.25) is 0 Å². The van der Waals surface area contributed by atoms with Crippen molar-refractivity contribution in [2.45, 2.75) is 25.9 Å². The summed E-state index contributed by atoms with van der Waals surface area (Å²) in [5.74, 6) is 2.69. The van der Waals surface area contributed by atoms with Crippen molar-refractivity contribution in [2.75, 3.05) is 24.0 Å². The van der Waals surface area contributed by atoms with Gasteiger partial charge in [-0.25, -0.2) is 10.0 Å². The molecule has 1 saturated heterocycles. The average Bonchev–Trinajstić information content (AvgIpc) is 2.52. The van der Waals surface area contributed by atoms with Crippen LogP contribution in [0.4, 0.5) is 0 Å². The van der Waals surface area contributed by atoms with E-state index in [0.717, 1.165) is 12.8 Å². The number of hydrogen-bond donors (Lipinski definition) is 0. The highest BCUT2D eigenvalue weighted by Crippen LogP contribution is 2.43. The van der Waals surface area contributed by atoms with Gasteiger partial charge in [0.15, 0.2) is 0 Å². The van der Waals surface area contributed by atoms with Crippen LogP contribution in [0.2, 0.25) is 0 Å². The molecule has 0 spiro atoms. The molecule has 1 aromatic carbocycles. The second-order valence-corrected chi connectivity index (χ2v) is 9.80. The van der Waals surface area contributed by atoms with Crippen molar-refractivity contribution in [2.24, 2.45) is 5.16 Å². The van der Waals surface area contributed by atoms with Crippen LogP contribution in [-0.2, 0) is 11.4 Å². The summed E-state index contributed by atoms with van der Waals surface area (Å²) in [6.45, 7) is 0.584. The largest absolute Gasteiger partial charge is 0.391 e. The van der Waals surface area contributed by atoms with E-state index in [1.165, 1.54) is 29.2 Å². The molecule has 3 heteroatoms. The van der Waals surface area contributed by atoms with Crippen LogP contribution in [0.1, 0.15) is 24.8 Å². The molecule has 0 bridgehead atoms. The third kappa shape index (κ3) is 4.37. The number of hydrogen-bond acceptors (Lipinski definition) is 2. The summed E-state index contributed by atoms with van der Waals surface area (Å²) in [7, 11) is -0.366. The second-order valence-electron chi connectivity index (χ2n) is 5.45. The zero-order valence-corrected chi connectivity index (χ0v) is 12.2. The Morgan fingerprint density at radius 3 is 2.67 bits per heavy atom. The van der Waals surface area contributed by atoms with Gasteiger partial charge in [0.05, 0.1) is 5.71 Å². The van der Waals surface area contributed by atoms with Gasteiger partial charge < -0.3 is 4.84 Å². The Balaban J connectivity index is 1.83. The van der Waals surface area contributed by atoms with Gasteiger partial charge in [0, 0.05) is 0 Å². The minimum Gasteiger partial charge on any atom is -0.391 e. The fraction of sp³-hybridized carbons (Fsp3) is 0.533. The first-order valence-electron chi connectivity index (χ1n) is 6.56. The maximum Gasteiger partial charge on any atom is 0.142 e. The van der Waals surface area contributed by atoms with Crippen LogP contribution >= 0.6 is 10.0 Å². The third-order valence-corrected chi connectivity index (χ3v) is 6.08. The second kappa shape index (κ2) is 6.28. The molecule has 0 atom stereocenters. The third-order valence-electron chi connectivity index (χ3n) is 3.37. The van der Waals surface area contributed by atoms with E-state index in [-0.39, 0.29) is 10.0 Å². The molecule has 0 amide bonds. The fourth-order valence-corrected chi connectivity index (χ4v) is 4.07. The van der Waals surface area contributed by atoms with Crippen LogP contribution in [0.25, 0.3) is 0 Å². The molecule has 1 aromatic rings. The van der Waals surface area contributed by atoms with Gasteiger partial charge in [-0.1, -0.05) is 35.5 Å². The highest BCUT2D eigenvalue weighted by atomic mass is 32.3. The van der Waals surface area contributed by atoms with E-state index in [1.807, 2.05) is 18.2 Å². The van der Waals surface area contributed by atoms with E-state index in [9.17, 15) is 0 Å². The van der Waals surface area contributed by atoms with Gasteiger partial charge in [0.25, 0.3) is 0 Å². The SMILES string of the molecule is CS1(C)CCC/C(=N\OCc2ccccc2)CC1. The Morgan fingerprint density at radius 1 is 1.11 bits per heavy atom. The van der Waals surface area contributed by atoms with Crippen molar-refractivity contribution < 1.29 is 4.84 Å². The number of nitrogens with zero attached hydrogens (tertiary/aromatic N) is 1. The molecule has 1 fully saturated rings. The molecule has 0 unspecified atom stereocenters. The first-order valence-corrected chi connectivity index (χ1v) is 9.35. The normalized spacial score (nSPS) is 23.3. The van der Waals surface area contributed by atoms with E-state index in [4.69, 9.17) is 4.84 Å². The van der Waals surface area contributed by atoms with E-state index < -0.39 is 0 Å². The number of oxime groups is 1. The van der Waals surface area contributed by atoms with Crippen molar-refractivity contribution in [3.63, 3.8) is 0 Å². The standard InChI is InChI=1S/C15H23NOS/c1-18(2)11-6-9-15(10-12-18)16-17-13-14-7-4-3-5-8-14/h3-5,7-8H,6,9-13H2,1-2H3/b16-15+. The molecule has 2 rings (SSSR count). The monoisotopic (exact) mass is 265 g/mol. The summed E-state index contributed by atoms with van der Waals surface area (Å²) in [5.41, 5.74) is 2.44. The van der Waals surface area contributed by atoms with Crippen molar-refractivity contribution in [1.29, 1.82) is 0 Å². The molecular weight excluding hydrogens is 242 g/mol. The fourth-order valence-electron chi connectivity index (χ4n) is 2.15. The molecular formula is C15H23NOS. The molecule has 0 saturated carbocycles. The lowest BCUT2D eigenvalue weighted by Crippen LogP contribution is -2.04. The molecule has 1 aliphatic rings. The van der Waals surface area contributed by atoms with E-state index in [0.29, 0.717) is 6.61 Å². The van der Waals surface area contributed by atoms with E-state index in [2.05, 4.69) is 29.8 Å². The summed E-state index contributed by atoms with van der Waals surface area (Å²) in [4.78, 5) is 5.48. The van der Waals surface area contributed by atoms with Crippen LogP contribution in [0, 0.1) is 0 Å². The molecule has 18 heavy (non-hydrogen) atoms. The summed E-state index contributed by atoms with van der Waals surface area (Å²) in [5, 5.41) is 4.33. The van der Waals surface area contributed by atoms with Crippen molar-refractivity contribution in [3.8, 4) is 0 Å². The van der Waals surface area contributed by atoms with Gasteiger partial charge in [-0.05, 0) is 48.8 Å². The van der Waals surface area contributed by atoms with Crippen LogP contribution in [0.5, 0.6) is 0 Å². The summed E-state index contributed by atoms with van der Waals surface area (Å²) in [6.07, 6.45) is 8.37. The van der Waals surface area contributed by atoms with Gasteiger partial charge in [0.1, 0.15) is 6.61 Å². The Morgan fingerprint density at radius 2 is 1.89 bits per heavy atom. The van der Waals surface area contributed by atoms with Crippen molar-refractivity contribution in [3.05, 3.63) is 35.9 Å². The molecule has 0 radical (unpaired) electrons. The van der Waals surface area contributed by atoms with Gasteiger partial charge in [-0.15, -0.1) is 0 Å². The predicted octanol–water partition coefficient (Wildman–Crippen LogP) is 3.81. The lowest BCUT2D eigenvalue weighted by atomic mass is 10.2. The maximum absolute atomic E-state index is 5.48. The summed E-state index contributed by atoms with van der Waals surface area (Å²) < 4.78 is 0. The topological polar surface area (TPSA) is 21.6 Å². The molecule has 1 heterocycles. The first kappa shape index (κ1) is 13.5. The van der Waals surface area contributed by atoms with Gasteiger partial charge >= 0.3 is 0 Å². The Kier molecular flexibility index (Phi) is 4.70. The smallest absolute Gasteiger partial charge is 0.142 e. The summed E-state index contributed by atoms with van der Waals surface area (Å²) in [6, 6.07) is 10.2. The Bertz CT molecular complexity index is 400. The maximum atomic E-state index is 5.48. The molecule has 0 aromatic heterocycles. The van der Waals surface area contributed by atoms with Crippen LogP contribution in [0.3, 0.4) is 0 Å². The minimum atomic E-state index is -0.366. The summed E-state index contributed by atoms with van der Waals surface area (Å²) >= 11 is 0. The van der Waals surface area contributed by atoms with E-state index in [1.54, 1.807) is 0 Å². The number of rotatable bonds is 3. The highest BCUT2D eigenvalue weighted by Gasteiger charge is 2.17. The van der Waals surface area contributed by atoms with Gasteiger partial charge in [0.2, 0.25) is 0 Å². The molecule has 0 N–H and O–H groups in total. The average molecular weight is 265 g/mol. The van der Waals surface area contributed by atoms with Crippen LogP contribution in [0.15, 0.2) is 35.5 Å². The lowest BCUT2D eigenvalue weighted by molar-refractivity contribution is 0.129. The minimum absolute atomic E-state index is 0.366. The van der Waals surface area contributed by atoms with Crippen LogP contribution < -0.4 is 0 Å². The quantitative estimate of drug-likeness (QED) is 0.762. The van der Waals surface area contributed by atoms with Crippen molar-refractivity contribution in [1.82, 2.24) is 0 Å². The highest BCUT2D eigenvalue weighted by molar-refractivity contribution is 8.32. The first-order chi connectivity index (χ1) is 8.66. The number of benzene rings is 1. The zero-order chi connectivity index (χ0) is 12.8. The van der Waals surface area contributed by atoms with Crippen molar-refractivity contribution >= 4 is 15.7 Å².